The van der Waals surface area contributed by atoms with Crippen LogP contribution in [0.4, 0.5) is 0 Å². The average Bonchev–Trinajstić information content (AvgIpc) is 2.65. The molecule has 0 atom stereocenters. The Labute approximate surface area is 108 Å². The molecule has 0 bridgehead atoms. The van der Waals surface area contributed by atoms with Gasteiger partial charge in [-0.2, -0.15) is 0 Å². The van der Waals surface area contributed by atoms with Crippen LogP contribution in [0.5, 0.6) is 0 Å². The third kappa shape index (κ3) is 3.70. The number of hydrogen-bond acceptors (Lipinski definition) is 4. The van der Waals surface area contributed by atoms with E-state index >= 15 is 0 Å². The smallest absolute Gasteiger partial charge is 0.0897 e. The first-order valence-corrected chi connectivity index (χ1v) is 6.39. The lowest BCUT2D eigenvalue weighted by Gasteiger charge is -2.31. The third-order valence-electron chi connectivity index (χ3n) is 3.01. The van der Waals surface area contributed by atoms with Crippen molar-refractivity contribution in [2.24, 2.45) is 0 Å². The topological polar surface area (TPSA) is 28.2 Å². The van der Waals surface area contributed by atoms with Gasteiger partial charge in [0.2, 0.25) is 0 Å². The largest absolute Gasteiger partial charge is 0.317 e. The second kappa shape index (κ2) is 6.55. The predicted molar refractivity (Wildman–Crippen MR) is 71.5 cm³/mol. The average molecular weight is 262 g/mol. The van der Waals surface area contributed by atoms with Gasteiger partial charge in [0.25, 0.3) is 0 Å². The molecule has 0 unspecified atom stereocenters. The zero-order chi connectivity index (χ0) is 10.7. The van der Waals surface area contributed by atoms with Crippen molar-refractivity contribution in [2.75, 3.05) is 20.1 Å². The Morgan fingerprint density at radius 3 is 2.75 bits per heavy atom. The number of rotatable bonds is 3. The highest BCUT2D eigenvalue weighted by Crippen LogP contribution is 2.17. The molecule has 0 amide bonds. The van der Waals surface area contributed by atoms with Gasteiger partial charge in [-0.05, 0) is 39.9 Å². The zero-order valence-corrected chi connectivity index (χ0v) is 11.5. The lowest BCUT2D eigenvalue weighted by molar-refractivity contribution is 0.193. The molecule has 3 nitrogen and oxygen atoms in total. The highest BCUT2D eigenvalue weighted by atomic mass is 35.5. The number of halogens is 1. The molecule has 1 N–H and O–H groups in total. The summed E-state index contributed by atoms with van der Waals surface area (Å²) in [5.41, 5.74) is 0. The van der Waals surface area contributed by atoms with E-state index < -0.39 is 0 Å². The molecule has 0 saturated carbocycles. The van der Waals surface area contributed by atoms with Crippen molar-refractivity contribution < 1.29 is 0 Å². The van der Waals surface area contributed by atoms with E-state index in [1.165, 1.54) is 22.7 Å². The minimum atomic E-state index is 0. The lowest BCUT2D eigenvalue weighted by Crippen LogP contribution is -2.40. The number of piperidine rings is 1. The van der Waals surface area contributed by atoms with Gasteiger partial charge in [-0.25, -0.2) is 4.98 Å². The van der Waals surface area contributed by atoms with Gasteiger partial charge in [0.05, 0.1) is 5.01 Å². The number of hydrogen-bond donors (Lipinski definition) is 1. The second-order valence-corrected chi connectivity index (χ2v) is 5.56. The molecule has 1 aromatic heterocycles. The monoisotopic (exact) mass is 261 g/mol. The number of nitrogens with one attached hydrogen (secondary N) is 1. The van der Waals surface area contributed by atoms with Gasteiger partial charge in [0.15, 0.2) is 0 Å². The Kier molecular flexibility index (Phi) is 5.69. The maximum absolute atomic E-state index is 4.29. The van der Waals surface area contributed by atoms with E-state index in [-0.39, 0.29) is 12.4 Å². The first kappa shape index (κ1) is 13.9. The van der Waals surface area contributed by atoms with Crippen LogP contribution in [0.2, 0.25) is 0 Å². The molecule has 5 heteroatoms. The van der Waals surface area contributed by atoms with Crippen LogP contribution < -0.4 is 5.32 Å². The van der Waals surface area contributed by atoms with Gasteiger partial charge < -0.3 is 5.32 Å². The second-order valence-electron chi connectivity index (χ2n) is 4.24. The van der Waals surface area contributed by atoms with Crippen molar-refractivity contribution in [3.63, 3.8) is 0 Å². The molecule has 16 heavy (non-hydrogen) atoms. The lowest BCUT2D eigenvalue weighted by atomic mass is 10.1. The van der Waals surface area contributed by atoms with Gasteiger partial charge in [0, 0.05) is 23.7 Å². The summed E-state index contributed by atoms with van der Waals surface area (Å²) in [6.07, 6.45) is 4.56. The molecular formula is C11H20ClN3S. The standard InChI is InChI=1S/C11H19N3S.ClH/c1-9-13-7-11(15-9)8-14(2)10-3-5-12-6-4-10;/h7,10,12H,3-6,8H2,1-2H3;1H. The molecule has 0 aliphatic carbocycles. The van der Waals surface area contributed by atoms with Crippen molar-refractivity contribution in [1.29, 1.82) is 0 Å². The maximum atomic E-state index is 4.29. The van der Waals surface area contributed by atoms with Crippen LogP contribution >= 0.6 is 23.7 Å². The van der Waals surface area contributed by atoms with Crippen LogP contribution in [0, 0.1) is 6.92 Å². The van der Waals surface area contributed by atoms with E-state index in [4.69, 9.17) is 0 Å². The summed E-state index contributed by atoms with van der Waals surface area (Å²) in [6, 6.07) is 0.744. The third-order valence-corrected chi connectivity index (χ3v) is 3.90. The molecule has 92 valence electrons. The van der Waals surface area contributed by atoms with E-state index in [0.717, 1.165) is 25.7 Å². The Morgan fingerprint density at radius 2 is 2.19 bits per heavy atom. The van der Waals surface area contributed by atoms with Crippen molar-refractivity contribution in [3.8, 4) is 0 Å². The molecule has 1 aromatic rings. The predicted octanol–water partition coefficient (Wildman–Crippen LogP) is 2.06. The molecule has 1 aliphatic rings. The van der Waals surface area contributed by atoms with Crippen molar-refractivity contribution >= 4 is 23.7 Å². The Morgan fingerprint density at radius 1 is 1.50 bits per heavy atom. The number of aryl methyl sites for hydroxylation is 1. The van der Waals surface area contributed by atoms with Crippen LogP contribution in [0.3, 0.4) is 0 Å². The van der Waals surface area contributed by atoms with E-state index in [2.05, 4.69) is 29.2 Å². The molecule has 2 rings (SSSR count). The highest BCUT2D eigenvalue weighted by Gasteiger charge is 2.18. The molecule has 1 saturated heterocycles. The number of nitrogens with zero attached hydrogens (tertiary/aromatic N) is 2. The quantitative estimate of drug-likeness (QED) is 0.903. The summed E-state index contributed by atoms with van der Waals surface area (Å²) < 4.78 is 0. The van der Waals surface area contributed by atoms with Crippen LogP contribution in [0.15, 0.2) is 6.20 Å². The summed E-state index contributed by atoms with van der Waals surface area (Å²) in [7, 11) is 2.23. The fourth-order valence-corrected chi connectivity index (χ4v) is 2.96. The normalized spacial score (nSPS) is 17.4. The van der Waals surface area contributed by atoms with Crippen molar-refractivity contribution in [2.45, 2.75) is 32.4 Å². The molecule has 2 heterocycles. The first-order chi connectivity index (χ1) is 7.25. The minimum absolute atomic E-state index is 0. The molecule has 1 fully saturated rings. The summed E-state index contributed by atoms with van der Waals surface area (Å²) in [6.45, 7) is 5.45. The van der Waals surface area contributed by atoms with Crippen LogP contribution in [0.25, 0.3) is 0 Å². The Balaban J connectivity index is 0.00000128. The Hall–Kier alpha value is -0.160. The van der Waals surface area contributed by atoms with E-state index in [1.54, 1.807) is 0 Å². The molecule has 0 radical (unpaired) electrons. The molecule has 1 aliphatic heterocycles. The fraction of sp³-hybridized carbons (Fsp3) is 0.727. The number of thiazole rings is 1. The van der Waals surface area contributed by atoms with Gasteiger partial charge >= 0.3 is 0 Å². The van der Waals surface area contributed by atoms with Gasteiger partial charge in [-0.3, -0.25) is 4.90 Å². The summed E-state index contributed by atoms with van der Waals surface area (Å²) in [5, 5.41) is 4.57. The summed E-state index contributed by atoms with van der Waals surface area (Å²) in [4.78, 5) is 8.14. The van der Waals surface area contributed by atoms with E-state index in [1.807, 2.05) is 17.5 Å². The highest BCUT2D eigenvalue weighted by molar-refractivity contribution is 7.11. The molecule has 0 spiro atoms. The molecule has 0 aromatic carbocycles. The van der Waals surface area contributed by atoms with Crippen LogP contribution in [-0.2, 0) is 6.54 Å². The number of aromatic nitrogens is 1. The summed E-state index contributed by atoms with van der Waals surface area (Å²) in [5.74, 6) is 0. The fourth-order valence-electron chi connectivity index (χ4n) is 2.10. The Bertz CT molecular complexity index is 310. The van der Waals surface area contributed by atoms with Crippen LogP contribution in [-0.4, -0.2) is 36.1 Å². The maximum Gasteiger partial charge on any atom is 0.0897 e. The first-order valence-electron chi connectivity index (χ1n) is 5.58. The minimum Gasteiger partial charge on any atom is -0.317 e. The van der Waals surface area contributed by atoms with E-state index in [9.17, 15) is 0 Å². The zero-order valence-electron chi connectivity index (χ0n) is 9.90. The summed E-state index contributed by atoms with van der Waals surface area (Å²) >= 11 is 1.81. The SMILES string of the molecule is Cc1ncc(CN(C)C2CCNCC2)s1.Cl. The van der Waals surface area contributed by atoms with Gasteiger partial charge in [-0.15, -0.1) is 23.7 Å². The van der Waals surface area contributed by atoms with Gasteiger partial charge in [0.1, 0.15) is 0 Å². The van der Waals surface area contributed by atoms with Crippen molar-refractivity contribution in [3.05, 3.63) is 16.1 Å². The van der Waals surface area contributed by atoms with Crippen LogP contribution in [0.1, 0.15) is 22.7 Å². The van der Waals surface area contributed by atoms with E-state index in [0.29, 0.717) is 0 Å². The van der Waals surface area contributed by atoms with Crippen molar-refractivity contribution in [1.82, 2.24) is 15.2 Å². The van der Waals surface area contributed by atoms with Gasteiger partial charge in [-0.1, -0.05) is 0 Å². The molecular weight excluding hydrogens is 242 g/mol.